The summed E-state index contributed by atoms with van der Waals surface area (Å²) in [7, 11) is 0. The second-order valence-corrected chi connectivity index (χ2v) is 9.55. The first-order valence-electron chi connectivity index (χ1n) is 9.70. The second kappa shape index (κ2) is 9.09. The minimum absolute atomic E-state index is 0.0136. The van der Waals surface area contributed by atoms with Crippen LogP contribution in [0, 0.1) is 6.92 Å². The lowest BCUT2D eigenvalue weighted by atomic mass is 10.1. The summed E-state index contributed by atoms with van der Waals surface area (Å²) >= 11 is 2.86. The van der Waals surface area contributed by atoms with Gasteiger partial charge in [-0.25, -0.2) is 4.98 Å². The number of aryl methyl sites for hydroxylation is 2. The Labute approximate surface area is 182 Å². The summed E-state index contributed by atoms with van der Waals surface area (Å²) in [4.78, 5) is 31.0. The van der Waals surface area contributed by atoms with Crippen molar-refractivity contribution in [3.63, 3.8) is 0 Å². The summed E-state index contributed by atoms with van der Waals surface area (Å²) in [6.07, 6.45) is 1.49. The first-order valence-corrected chi connectivity index (χ1v) is 11.6. The monoisotopic (exact) mass is 442 g/mol. The molecule has 30 heavy (non-hydrogen) atoms. The summed E-state index contributed by atoms with van der Waals surface area (Å²) < 4.78 is 6.67. The van der Waals surface area contributed by atoms with Crippen LogP contribution < -0.4 is 10.9 Å². The van der Waals surface area contributed by atoms with Crippen LogP contribution in [0.15, 0.2) is 55.8 Å². The number of fused-ring (bicyclic) bond motifs is 1. The fraction of sp³-hybridized carbons (Fsp3) is 0.333. The molecule has 0 unspecified atom stereocenters. The number of rotatable bonds is 7. The maximum absolute atomic E-state index is 13.2. The van der Waals surface area contributed by atoms with Gasteiger partial charge in [-0.1, -0.05) is 54.2 Å². The fourth-order valence-corrected chi connectivity index (χ4v) is 5.22. The van der Waals surface area contributed by atoms with Crippen LogP contribution >= 0.6 is 23.5 Å². The largest absolute Gasteiger partial charge is 0.360 e. The van der Waals surface area contributed by atoms with Gasteiger partial charge in [0.1, 0.15) is 5.76 Å². The van der Waals surface area contributed by atoms with Crippen molar-refractivity contribution in [3.05, 3.63) is 63.8 Å². The zero-order valence-electron chi connectivity index (χ0n) is 16.8. The van der Waals surface area contributed by atoms with Crippen molar-refractivity contribution in [3.8, 4) is 0 Å². The Hall–Kier alpha value is -2.52. The average molecular weight is 443 g/mol. The molecule has 3 heterocycles. The third-order valence-electron chi connectivity index (χ3n) is 4.66. The van der Waals surface area contributed by atoms with Crippen LogP contribution in [0.1, 0.15) is 23.9 Å². The molecule has 9 heteroatoms. The van der Waals surface area contributed by atoms with E-state index in [1.54, 1.807) is 29.3 Å². The number of carbonyl (C=O) groups excluding carboxylic acids is 1. The lowest BCUT2D eigenvalue weighted by molar-refractivity contribution is -0.113. The minimum Gasteiger partial charge on any atom is -0.360 e. The highest BCUT2D eigenvalue weighted by atomic mass is 32.2. The number of aromatic nitrogens is 3. The predicted octanol–water partition coefficient (Wildman–Crippen LogP) is 3.55. The number of nitrogens with one attached hydrogen (secondary N) is 1. The molecule has 0 spiro atoms. The van der Waals surface area contributed by atoms with Crippen LogP contribution in [-0.4, -0.2) is 31.6 Å². The number of nitrogens with zero attached hydrogens (tertiary/aromatic N) is 3. The van der Waals surface area contributed by atoms with Crippen LogP contribution in [0.3, 0.4) is 0 Å². The van der Waals surface area contributed by atoms with Gasteiger partial charge in [0.15, 0.2) is 11.0 Å². The zero-order chi connectivity index (χ0) is 21.1. The van der Waals surface area contributed by atoms with Crippen molar-refractivity contribution < 1.29 is 9.32 Å². The number of thioether (sulfide) groups is 2. The van der Waals surface area contributed by atoms with Gasteiger partial charge in [0.05, 0.1) is 16.3 Å². The summed E-state index contributed by atoms with van der Waals surface area (Å²) in [5, 5.41) is 7.39. The quantitative estimate of drug-likeness (QED) is 0.442. The topological polar surface area (TPSA) is 90.0 Å². The third kappa shape index (κ3) is 4.79. The van der Waals surface area contributed by atoms with E-state index in [0.717, 1.165) is 29.0 Å². The van der Waals surface area contributed by atoms with Crippen LogP contribution in [-0.2, 0) is 24.2 Å². The number of benzene rings is 1. The molecule has 1 aromatic carbocycles. The fourth-order valence-electron chi connectivity index (χ4n) is 3.26. The number of amides is 1. The SMILES string of the molecule is Cc1cc(NC(=O)CSc2nc3c(c(=O)n2CCc2ccccc2)S[C@@H](C)C3)no1. The lowest BCUT2D eigenvalue weighted by Gasteiger charge is -2.13. The van der Waals surface area contributed by atoms with Gasteiger partial charge >= 0.3 is 0 Å². The Morgan fingerprint density at radius 1 is 1.37 bits per heavy atom. The molecular weight excluding hydrogens is 420 g/mol. The third-order valence-corrected chi connectivity index (χ3v) is 6.85. The Morgan fingerprint density at radius 3 is 2.90 bits per heavy atom. The van der Waals surface area contributed by atoms with Gasteiger partial charge in [-0.3, -0.25) is 14.2 Å². The van der Waals surface area contributed by atoms with Crippen molar-refractivity contribution in [1.29, 1.82) is 0 Å². The van der Waals surface area contributed by atoms with E-state index in [1.165, 1.54) is 11.8 Å². The van der Waals surface area contributed by atoms with Crippen molar-refractivity contribution in [1.82, 2.24) is 14.7 Å². The van der Waals surface area contributed by atoms with E-state index in [4.69, 9.17) is 9.51 Å². The van der Waals surface area contributed by atoms with Crippen LogP contribution in [0.25, 0.3) is 0 Å². The first kappa shape index (κ1) is 20.7. The zero-order valence-corrected chi connectivity index (χ0v) is 18.4. The summed E-state index contributed by atoms with van der Waals surface area (Å²) in [6.45, 7) is 4.38. The Bertz CT molecular complexity index is 1110. The smallest absolute Gasteiger partial charge is 0.268 e. The van der Waals surface area contributed by atoms with E-state index in [0.29, 0.717) is 28.5 Å². The van der Waals surface area contributed by atoms with Gasteiger partial charge < -0.3 is 9.84 Å². The van der Waals surface area contributed by atoms with E-state index in [2.05, 4.69) is 17.4 Å². The van der Waals surface area contributed by atoms with Crippen molar-refractivity contribution in [2.24, 2.45) is 0 Å². The van der Waals surface area contributed by atoms with E-state index in [1.807, 2.05) is 30.3 Å². The number of anilines is 1. The molecule has 7 nitrogen and oxygen atoms in total. The molecule has 0 saturated heterocycles. The highest BCUT2D eigenvalue weighted by molar-refractivity contribution is 8.00. The molecule has 3 aromatic rings. The predicted molar refractivity (Wildman–Crippen MR) is 118 cm³/mol. The Morgan fingerprint density at radius 2 is 2.17 bits per heavy atom. The van der Waals surface area contributed by atoms with Gasteiger partial charge in [0, 0.05) is 24.3 Å². The second-order valence-electron chi connectivity index (χ2n) is 7.15. The molecule has 1 atom stereocenters. The van der Waals surface area contributed by atoms with Gasteiger partial charge in [-0.05, 0) is 18.9 Å². The van der Waals surface area contributed by atoms with Gasteiger partial charge in [-0.2, -0.15) is 0 Å². The van der Waals surface area contributed by atoms with Crippen molar-refractivity contribution in [2.75, 3.05) is 11.1 Å². The molecule has 1 amide bonds. The maximum atomic E-state index is 13.2. The molecule has 156 valence electrons. The molecule has 0 fully saturated rings. The standard InChI is InChI=1S/C21H22N4O3S2/c1-13-10-17(24-28-13)23-18(26)12-29-21-22-16-11-14(2)30-19(16)20(27)25(21)9-8-15-6-4-3-5-7-15/h3-7,10,14H,8-9,11-12H2,1-2H3,(H,23,24,26)/t14-/m0/s1. The van der Waals surface area contributed by atoms with Crippen LogP contribution in [0.2, 0.25) is 0 Å². The van der Waals surface area contributed by atoms with Crippen molar-refractivity contribution in [2.45, 2.75) is 48.5 Å². The summed E-state index contributed by atoms with van der Waals surface area (Å²) in [5.41, 5.74) is 1.98. The van der Waals surface area contributed by atoms with E-state index in [9.17, 15) is 9.59 Å². The molecule has 1 aliphatic rings. The molecule has 1 aliphatic heterocycles. The lowest BCUT2D eigenvalue weighted by Crippen LogP contribution is -2.27. The maximum Gasteiger partial charge on any atom is 0.268 e. The minimum atomic E-state index is -0.222. The summed E-state index contributed by atoms with van der Waals surface area (Å²) in [6, 6.07) is 11.7. The normalized spacial score (nSPS) is 15.2. The molecule has 0 aliphatic carbocycles. The molecule has 0 saturated carbocycles. The van der Waals surface area contributed by atoms with Crippen molar-refractivity contribution >= 4 is 35.2 Å². The highest BCUT2D eigenvalue weighted by Gasteiger charge is 2.26. The van der Waals surface area contributed by atoms with Crippen LogP contribution in [0.5, 0.6) is 0 Å². The molecule has 0 radical (unpaired) electrons. The van der Waals surface area contributed by atoms with E-state index < -0.39 is 0 Å². The van der Waals surface area contributed by atoms with Gasteiger partial charge in [0.25, 0.3) is 5.56 Å². The van der Waals surface area contributed by atoms with Gasteiger partial charge in [-0.15, -0.1) is 11.8 Å². The molecular formula is C21H22N4O3S2. The summed E-state index contributed by atoms with van der Waals surface area (Å²) in [5.74, 6) is 0.914. The molecule has 2 aromatic heterocycles. The number of hydrogen-bond acceptors (Lipinski definition) is 7. The van der Waals surface area contributed by atoms with E-state index >= 15 is 0 Å². The average Bonchev–Trinajstić information content (AvgIpc) is 3.31. The van der Waals surface area contributed by atoms with Crippen LogP contribution in [0.4, 0.5) is 5.82 Å². The Balaban J connectivity index is 1.53. The highest BCUT2D eigenvalue weighted by Crippen LogP contribution is 2.34. The number of hydrogen-bond donors (Lipinski definition) is 1. The molecule has 1 N–H and O–H groups in total. The molecule has 4 rings (SSSR count). The first-order chi connectivity index (χ1) is 14.5. The Kier molecular flexibility index (Phi) is 6.29. The van der Waals surface area contributed by atoms with E-state index in [-0.39, 0.29) is 17.2 Å². The van der Waals surface area contributed by atoms with Gasteiger partial charge in [0.2, 0.25) is 5.91 Å². The number of carbonyl (C=O) groups is 1. The molecule has 0 bridgehead atoms.